The van der Waals surface area contributed by atoms with Crippen molar-refractivity contribution < 1.29 is 41.0 Å². The van der Waals surface area contributed by atoms with Gasteiger partial charge in [0.15, 0.2) is 0 Å². The Morgan fingerprint density at radius 3 is 2.08 bits per heavy atom. The lowest BCUT2D eigenvalue weighted by Gasteiger charge is -2.43. The molecule has 0 aromatic heterocycles. The fourth-order valence-electron chi connectivity index (χ4n) is 6.26. The number of hydrogen-bond donors (Lipinski definition) is 3. The summed E-state index contributed by atoms with van der Waals surface area (Å²) in [5, 5.41) is 14.5. The van der Waals surface area contributed by atoms with E-state index in [9.17, 15) is 36.2 Å². The first kappa shape index (κ1) is 28.7. The average molecular weight is 572 g/mol. The standard InChI is InChI=1S/C28H31F6N3O3/c29-27(30,31)18-3-1-16(2-4-18)13-23(24(38)37-20-7-8-21(37)15-19(35)14-20)36-25(39)26(11-12-26)17-5-9-22(10-6-17)40-28(32,33)34/h1-6,9-10,19-21,23-24,38H,7-8,11-15,35H2,(H,36,39)/t19?,20?,21?,23-,24?/m0/s1. The number of halogens is 6. The molecule has 1 amide bonds. The number of aliphatic hydroxyl groups excluding tert-OH is 1. The number of carbonyl (C=O) groups is 1. The first-order valence-electron chi connectivity index (χ1n) is 13.3. The molecule has 6 nitrogen and oxygen atoms in total. The quantitative estimate of drug-likeness (QED) is 0.402. The van der Waals surface area contributed by atoms with E-state index in [1.165, 1.54) is 24.3 Å². The van der Waals surface area contributed by atoms with Gasteiger partial charge in [-0.05, 0) is 80.3 Å². The predicted octanol–water partition coefficient (Wildman–Crippen LogP) is 4.64. The molecule has 2 saturated heterocycles. The number of nitrogens with zero attached hydrogens (tertiary/aromatic N) is 1. The molecule has 12 heteroatoms. The summed E-state index contributed by atoms with van der Waals surface area (Å²) in [5.74, 6) is -0.796. The molecule has 0 radical (unpaired) electrons. The zero-order valence-corrected chi connectivity index (χ0v) is 21.5. The molecular weight excluding hydrogens is 540 g/mol. The smallest absolute Gasteiger partial charge is 0.406 e. The zero-order chi connectivity index (χ0) is 28.9. The molecule has 3 fully saturated rings. The molecule has 3 aliphatic rings. The number of hydrogen-bond acceptors (Lipinski definition) is 5. The van der Waals surface area contributed by atoms with Crippen molar-refractivity contribution >= 4 is 5.91 Å². The van der Waals surface area contributed by atoms with E-state index in [1.807, 2.05) is 4.90 Å². The van der Waals surface area contributed by atoms with Gasteiger partial charge in [0, 0.05) is 18.1 Å². The Kier molecular flexibility index (Phi) is 7.56. The molecule has 2 aromatic carbocycles. The summed E-state index contributed by atoms with van der Waals surface area (Å²) >= 11 is 0. The van der Waals surface area contributed by atoms with E-state index in [4.69, 9.17) is 5.73 Å². The minimum Gasteiger partial charge on any atom is -0.406 e. The third kappa shape index (κ3) is 6.08. The van der Waals surface area contributed by atoms with Crippen molar-refractivity contribution in [1.82, 2.24) is 10.2 Å². The van der Waals surface area contributed by atoms with E-state index in [0.717, 1.165) is 37.1 Å². The Hall–Kier alpha value is -2.83. The minimum absolute atomic E-state index is 0.0166. The molecule has 0 spiro atoms. The summed E-state index contributed by atoms with van der Waals surface area (Å²) in [6.07, 6.45) is -6.31. The van der Waals surface area contributed by atoms with Gasteiger partial charge >= 0.3 is 12.5 Å². The third-order valence-corrected chi connectivity index (χ3v) is 8.37. The molecule has 40 heavy (non-hydrogen) atoms. The lowest BCUT2D eigenvalue weighted by molar-refractivity contribution is -0.274. The fraction of sp³-hybridized carbons (Fsp3) is 0.536. The SMILES string of the molecule is NC1CC2CCC(C1)N2C(O)[C@H](Cc1ccc(C(F)(F)F)cc1)NC(=O)C1(c2ccc(OC(F)(F)F)cc2)CC1. The molecule has 2 aliphatic heterocycles. The topological polar surface area (TPSA) is 87.8 Å². The van der Waals surface area contributed by atoms with Crippen LogP contribution < -0.4 is 15.8 Å². The van der Waals surface area contributed by atoms with Gasteiger partial charge in [-0.15, -0.1) is 13.2 Å². The first-order chi connectivity index (χ1) is 18.7. The van der Waals surface area contributed by atoms with Crippen LogP contribution in [0.3, 0.4) is 0 Å². The first-order valence-corrected chi connectivity index (χ1v) is 13.3. The van der Waals surface area contributed by atoms with Crippen LogP contribution in [-0.4, -0.2) is 52.7 Å². The maximum absolute atomic E-state index is 13.6. The summed E-state index contributed by atoms with van der Waals surface area (Å²) in [7, 11) is 0. The van der Waals surface area contributed by atoms with E-state index < -0.39 is 47.4 Å². The number of carbonyl (C=O) groups excluding carboxylic acids is 1. The molecule has 218 valence electrons. The van der Waals surface area contributed by atoms with Crippen LogP contribution >= 0.6 is 0 Å². The molecule has 4 atom stereocenters. The molecule has 3 unspecified atom stereocenters. The zero-order valence-electron chi connectivity index (χ0n) is 21.5. The average Bonchev–Trinajstić information content (AvgIpc) is 3.63. The highest BCUT2D eigenvalue weighted by atomic mass is 19.4. The second-order valence-corrected chi connectivity index (χ2v) is 11.1. The fourth-order valence-corrected chi connectivity index (χ4v) is 6.26. The molecule has 2 aromatic rings. The molecule has 2 bridgehead atoms. The molecule has 1 saturated carbocycles. The van der Waals surface area contributed by atoms with Gasteiger partial charge in [-0.1, -0.05) is 24.3 Å². The van der Waals surface area contributed by atoms with Gasteiger partial charge in [0.1, 0.15) is 12.0 Å². The maximum atomic E-state index is 13.6. The van der Waals surface area contributed by atoms with E-state index in [0.29, 0.717) is 36.8 Å². The van der Waals surface area contributed by atoms with Gasteiger partial charge in [0.2, 0.25) is 5.91 Å². The second kappa shape index (κ2) is 10.5. The number of rotatable bonds is 8. The largest absolute Gasteiger partial charge is 0.573 e. The summed E-state index contributed by atoms with van der Waals surface area (Å²) in [6, 6.07) is 8.99. The van der Waals surface area contributed by atoms with Crippen molar-refractivity contribution in [3.05, 3.63) is 65.2 Å². The number of nitrogens with two attached hydrogens (primary N) is 1. The Labute approximate surface area is 227 Å². The number of amides is 1. The van der Waals surface area contributed by atoms with Crippen LogP contribution in [0.1, 0.15) is 55.2 Å². The van der Waals surface area contributed by atoms with Crippen molar-refractivity contribution in [3.63, 3.8) is 0 Å². The van der Waals surface area contributed by atoms with Crippen LogP contribution in [0.25, 0.3) is 0 Å². The summed E-state index contributed by atoms with van der Waals surface area (Å²) in [5.41, 5.74) is 5.44. The van der Waals surface area contributed by atoms with Crippen LogP contribution in [0.15, 0.2) is 48.5 Å². The molecule has 4 N–H and O–H groups in total. The monoisotopic (exact) mass is 571 g/mol. The van der Waals surface area contributed by atoms with Crippen LogP contribution in [0.5, 0.6) is 5.75 Å². The Bertz CT molecular complexity index is 1180. The van der Waals surface area contributed by atoms with Crippen molar-refractivity contribution in [1.29, 1.82) is 0 Å². The van der Waals surface area contributed by atoms with E-state index >= 15 is 0 Å². The lowest BCUT2D eigenvalue weighted by atomic mass is 9.92. The summed E-state index contributed by atoms with van der Waals surface area (Å²) < 4.78 is 80.8. The molecule has 5 rings (SSSR count). The number of benzene rings is 2. The minimum atomic E-state index is -4.84. The maximum Gasteiger partial charge on any atom is 0.573 e. The van der Waals surface area contributed by atoms with Gasteiger partial charge in [-0.2, -0.15) is 13.2 Å². The lowest BCUT2D eigenvalue weighted by Crippen LogP contribution is -2.60. The van der Waals surface area contributed by atoms with Crippen molar-refractivity contribution in [2.24, 2.45) is 5.73 Å². The van der Waals surface area contributed by atoms with Crippen molar-refractivity contribution in [2.45, 2.75) is 93.3 Å². The van der Waals surface area contributed by atoms with Crippen LogP contribution in [0, 0.1) is 0 Å². The van der Waals surface area contributed by atoms with Gasteiger partial charge in [0.25, 0.3) is 0 Å². The van der Waals surface area contributed by atoms with E-state index in [1.54, 1.807) is 0 Å². The van der Waals surface area contributed by atoms with E-state index in [2.05, 4.69) is 10.1 Å². The number of aliphatic hydroxyl groups is 1. The third-order valence-electron chi connectivity index (χ3n) is 8.37. The summed E-state index contributed by atoms with van der Waals surface area (Å²) in [6.45, 7) is 0. The highest BCUT2D eigenvalue weighted by molar-refractivity contribution is 5.91. The summed E-state index contributed by atoms with van der Waals surface area (Å²) in [4.78, 5) is 15.6. The van der Waals surface area contributed by atoms with Gasteiger partial charge in [0.05, 0.1) is 17.0 Å². The molecular formula is C28H31F6N3O3. The number of nitrogens with one attached hydrogen (secondary N) is 1. The highest BCUT2D eigenvalue weighted by Gasteiger charge is 2.53. The van der Waals surface area contributed by atoms with Crippen LogP contribution in [-0.2, 0) is 22.8 Å². The van der Waals surface area contributed by atoms with Crippen LogP contribution in [0.4, 0.5) is 26.3 Å². The van der Waals surface area contributed by atoms with Crippen molar-refractivity contribution in [2.75, 3.05) is 0 Å². The second-order valence-electron chi connectivity index (χ2n) is 11.1. The van der Waals surface area contributed by atoms with Gasteiger partial charge < -0.3 is 20.9 Å². The van der Waals surface area contributed by atoms with Gasteiger partial charge in [-0.25, -0.2) is 0 Å². The normalized spacial score (nSPS) is 25.8. The number of piperidine rings is 1. The Morgan fingerprint density at radius 1 is 1.00 bits per heavy atom. The van der Waals surface area contributed by atoms with Gasteiger partial charge in [-0.3, -0.25) is 9.69 Å². The Morgan fingerprint density at radius 2 is 1.57 bits per heavy atom. The highest BCUT2D eigenvalue weighted by Crippen LogP contribution is 2.49. The van der Waals surface area contributed by atoms with E-state index in [-0.39, 0.29) is 24.5 Å². The predicted molar refractivity (Wildman–Crippen MR) is 133 cm³/mol. The Balaban J connectivity index is 1.36. The van der Waals surface area contributed by atoms with Crippen LogP contribution in [0.2, 0.25) is 0 Å². The van der Waals surface area contributed by atoms with Crippen molar-refractivity contribution in [3.8, 4) is 5.75 Å². The number of ether oxygens (including phenoxy) is 1. The number of alkyl halides is 6. The molecule has 2 heterocycles. The number of fused-ring (bicyclic) bond motifs is 2. The molecule has 1 aliphatic carbocycles.